The first-order valence-electron chi connectivity index (χ1n) is 7.70. The maximum atomic E-state index is 12.6. The molecule has 1 aromatic heterocycles. The van der Waals surface area contributed by atoms with Crippen LogP contribution in [0, 0.1) is 5.92 Å². The Balaban J connectivity index is 2.10. The van der Waals surface area contributed by atoms with Crippen LogP contribution in [-0.4, -0.2) is 37.8 Å². The predicted molar refractivity (Wildman–Crippen MR) is 84.8 cm³/mol. The van der Waals surface area contributed by atoms with Gasteiger partial charge in [0.25, 0.3) is 0 Å². The monoisotopic (exact) mass is 311 g/mol. The molecule has 1 aliphatic rings. The van der Waals surface area contributed by atoms with Gasteiger partial charge in [0, 0.05) is 32.4 Å². The Labute approximate surface area is 127 Å². The molecule has 0 bridgehead atoms. The van der Waals surface area contributed by atoms with Gasteiger partial charge in [-0.25, -0.2) is 17.7 Å². The third-order valence-electron chi connectivity index (χ3n) is 4.04. The molecule has 0 aliphatic heterocycles. The Morgan fingerprint density at radius 2 is 2.05 bits per heavy atom. The van der Waals surface area contributed by atoms with Crippen LogP contribution < -0.4 is 5.32 Å². The van der Waals surface area contributed by atoms with Crippen LogP contribution in [0.4, 0.5) is 5.82 Å². The molecule has 1 saturated carbocycles. The van der Waals surface area contributed by atoms with Crippen molar-refractivity contribution in [3.63, 3.8) is 0 Å². The van der Waals surface area contributed by atoms with Crippen LogP contribution in [0.2, 0.25) is 0 Å². The van der Waals surface area contributed by atoms with Crippen molar-refractivity contribution in [2.75, 3.05) is 25.5 Å². The summed E-state index contributed by atoms with van der Waals surface area (Å²) in [6.45, 7) is 3.29. The van der Waals surface area contributed by atoms with Crippen molar-refractivity contribution in [1.29, 1.82) is 0 Å². The average Bonchev–Trinajstić information content (AvgIpc) is 2.49. The molecule has 21 heavy (non-hydrogen) atoms. The van der Waals surface area contributed by atoms with Crippen LogP contribution >= 0.6 is 0 Å². The van der Waals surface area contributed by atoms with Crippen LogP contribution in [0.1, 0.15) is 39.0 Å². The zero-order valence-corrected chi connectivity index (χ0v) is 13.7. The second-order valence-corrected chi connectivity index (χ2v) is 7.74. The summed E-state index contributed by atoms with van der Waals surface area (Å²) < 4.78 is 26.8. The van der Waals surface area contributed by atoms with Gasteiger partial charge in [0.1, 0.15) is 5.82 Å². The first-order chi connectivity index (χ1) is 10.0. The molecular formula is C15H25N3O2S. The molecule has 0 unspecified atom stereocenters. The van der Waals surface area contributed by atoms with Gasteiger partial charge in [-0.2, -0.15) is 0 Å². The smallest absolute Gasteiger partial charge is 0.243 e. The summed E-state index contributed by atoms with van der Waals surface area (Å²) in [5.74, 6) is 1.10. The lowest BCUT2D eigenvalue weighted by molar-refractivity contribution is 0.300. The molecule has 0 amide bonds. The fourth-order valence-corrected chi connectivity index (χ4v) is 4.12. The molecular weight excluding hydrogens is 286 g/mol. The van der Waals surface area contributed by atoms with E-state index in [2.05, 4.69) is 10.3 Å². The molecule has 1 heterocycles. The molecule has 1 aliphatic carbocycles. The zero-order valence-electron chi connectivity index (χ0n) is 12.9. The van der Waals surface area contributed by atoms with E-state index in [1.165, 1.54) is 23.6 Å². The quantitative estimate of drug-likeness (QED) is 0.877. The lowest BCUT2D eigenvalue weighted by Gasteiger charge is -2.26. The van der Waals surface area contributed by atoms with E-state index in [1.807, 2.05) is 6.92 Å². The van der Waals surface area contributed by atoms with E-state index in [9.17, 15) is 8.42 Å². The van der Waals surface area contributed by atoms with Gasteiger partial charge >= 0.3 is 0 Å². The average molecular weight is 311 g/mol. The van der Waals surface area contributed by atoms with Crippen molar-refractivity contribution in [3.8, 4) is 0 Å². The van der Waals surface area contributed by atoms with Crippen LogP contribution in [0.3, 0.4) is 0 Å². The van der Waals surface area contributed by atoms with E-state index in [1.54, 1.807) is 25.4 Å². The van der Waals surface area contributed by atoms with E-state index in [0.29, 0.717) is 29.7 Å². The highest BCUT2D eigenvalue weighted by Gasteiger charge is 2.25. The fourth-order valence-electron chi connectivity index (χ4n) is 2.86. The summed E-state index contributed by atoms with van der Waals surface area (Å²) in [4.78, 5) is 4.44. The van der Waals surface area contributed by atoms with Gasteiger partial charge in [-0.05, 0) is 31.7 Å². The first kappa shape index (κ1) is 16.2. The second-order valence-electron chi connectivity index (χ2n) is 5.70. The maximum Gasteiger partial charge on any atom is 0.243 e. The summed E-state index contributed by atoms with van der Waals surface area (Å²) >= 11 is 0. The van der Waals surface area contributed by atoms with Crippen molar-refractivity contribution in [3.05, 3.63) is 18.3 Å². The Hall–Kier alpha value is -1.14. The Bertz CT molecular complexity index is 554. The number of hydrogen-bond acceptors (Lipinski definition) is 4. The molecule has 1 fully saturated rings. The third-order valence-corrected chi connectivity index (χ3v) is 5.86. The molecule has 0 radical (unpaired) electrons. The van der Waals surface area contributed by atoms with Gasteiger partial charge in [-0.1, -0.05) is 19.3 Å². The van der Waals surface area contributed by atoms with Gasteiger partial charge in [-0.15, -0.1) is 0 Å². The first-order valence-corrected chi connectivity index (χ1v) is 9.14. The summed E-state index contributed by atoms with van der Waals surface area (Å²) in [5.41, 5.74) is 0. The number of hydrogen-bond donors (Lipinski definition) is 1. The molecule has 6 heteroatoms. The minimum atomic E-state index is -3.43. The number of rotatable bonds is 6. The van der Waals surface area contributed by atoms with Gasteiger partial charge in [0.15, 0.2) is 0 Å². The van der Waals surface area contributed by atoms with Gasteiger partial charge in [0.2, 0.25) is 10.0 Å². The molecule has 0 atom stereocenters. The SMILES string of the molecule is CCNc1cc(S(=O)(=O)N(C)CC2CCCCC2)ccn1. The van der Waals surface area contributed by atoms with Gasteiger partial charge in [-0.3, -0.25) is 0 Å². The molecule has 0 saturated heterocycles. The number of sulfonamides is 1. The van der Waals surface area contributed by atoms with Crippen molar-refractivity contribution in [2.24, 2.45) is 5.92 Å². The molecule has 2 rings (SSSR count). The lowest BCUT2D eigenvalue weighted by atomic mass is 9.89. The Morgan fingerprint density at radius 3 is 2.71 bits per heavy atom. The number of pyridine rings is 1. The molecule has 1 N–H and O–H groups in total. The van der Waals surface area contributed by atoms with Crippen LogP contribution in [0.15, 0.2) is 23.2 Å². The van der Waals surface area contributed by atoms with Crippen molar-refractivity contribution in [2.45, 2.75) is 43.9 Å². The number of aromatic nitrogens is 1. The highest BCUT2D eigenvalue weighted by Crippen LogP contribution is 2.26. The maximum absolute atomic E-state index is 12.6. The topological polar surface area (TPSA) is 62.3 Å². The number of nitrogens with zero attached hydrogens (tertiary/aromatic N) is 2. The summed E-state index contributed by atoms with van der Waals surface area (Å²) in [7, 11) is -1.75. The van der Waals surface area contributed by atoms with Crippen LogP contribution in [0.5, 0.6) is 0 Å². The fraction of sp³-hybridized carbons (Fsp3) is 0.667. The van der Waals surface area contributed by atoms with Gasteiger partial charge < -0.3 is 5.32 Å². The normalized spacial score (nSPS) is 17.1. The predicted octanol–water partition coefficient (Wildman–Crippen LogP) is 2.71. The lowest BCUT2D eigenvalue weighted by Crippen LogP contribution is -2.32. The minimum absolute atomic E-state index is 0.312. The van der Waals surface area contributed by atoms with E-state index < -0.39 is 10.0 Å². The Kier molecular flexibility index (Phi) is 5.58. The van der Waals surface area contributed by atoms with E-state index in [0.717, 1.165) is 12.8 Å². The van der Waals surface area contributed by atoms with Crippen LogP contribution in [-0.2, 0) is 10.0 Å². The van der Waals surface area contributed by atoms with Crippen LogP contribution in [0.25, 0.3) is 0 Å². The standard InChI is InChI=1S/C15H25N3O2S/c1-3-16-15-11-14(9-10-17-15)21(19,20)18(2)12-13-7-5-4-6-8-13/h9-11,13H,3-8,12H2,1-2H3,(H,16,17). The second kappa shape index (κ2) is 7.22. The zero-order chi connectivity index (χ0) is 15.3. The molecule has 118 valence electrons. The largest absolute Gasteiger partial charge is 0.370 e. The molecule has 5 nitrogen and oxygen atoms in total. The summed E-state index contributed by atoms with van der Waals surface area (Å²) in [6, 6.07) is 3.17. The van der Waals surface area contributed by atoms with Gasteiger partial charge in [0.05, 0.1) is 4.90 Å². The minimum Gasteiger partial charge on any atom is -0.370 e. The number of anilines is 1. The van der Waals surface area contributed by atoms with E-state index in [-0.39, 0.29) is 0 Å². The van der Waals surface area contributed by atoms with Crippen molar-refractivity contribution < 1.29 is 8.42 Å². The Morgan fingerprint density at radius 1 is 1.33 bits per heavy atom. The molecule has 0 spiro atoms. The van der Waals surface area contributed by atoms with E-state index >= 15 is 0 Å². The summed E-state index contributed by atoms with van der Waals surface area (Å²) in [6.07, 6.45) is 7.54. The highest BCUT2D eigenvalue weighted by atomic mass is 32.2. The van der Waals surface area contributed by atoms with Crippen molar-refractivity contribution in [1.82, 2.24) is 9.29 Å². The summed E-state index contributed by atoms with van der Waals surface area (Å²) in [5, 5.41) is 3.05. The van der Waals surface area contributed by atoms with Crippen molar-refractivity contribution >= 4 is 15.8 Å². The number of nitrogens with one attached hydrogen (secondary N) is 1. The third kappa shape index (κ3) is 4.17. The molecule has 0 aromatic carbocycles. The van der Waals surface area contributed by atoms with E-state index in [4.69, 9.17) is 0 Å². The molecule has 1 aromatic rings. The highest BCUT2D eigenvalue weighted by molar-refractivity contribution is 7.89.